The van der Waals surface area contributed by atoms with Gasteiger partial charge in [-0.05, 0) is 31.4 Å². The molecule has 5 heteroatoms. The molecule has 3 rings (SSSR count). The number of allylic oxidation sites excluding steroid dienone is 1. The van der Waals surface area contributed by atoms with Gasteiger partial charge in [-0.15, -0.1) is 0 Å². The Hall–Kier alpha value is -2.43. The Morgan fingerprint density at radius 2 is 2.15 bits per heavy atom. The van der Waals surface area contributed by atoms with E-state index in [1.165, 1.54) is 0 Å². The average Bonchev–Trinajstić information content (AvgIpc) is 2.48. The van der Waals surface area contributed by atoms with Crippen LogP contribution in [-0.2, 0) is 0 Å². The Balaban J connectivity index is 2.01. The smallest absolute Gasteiger partial charge is 0.278 e. The van der Waals surface area contributed by atoms with Gasteiger partial charge < -0.3 is 5.32 Å². The fourth-order valence-corrected chi connectivity index (χ4v) is 2.60. The molecule has 2 aromatic rings. The highest BCUT2D eigenvalue weighted by Gasteiger charge is 2.16. The first kappa shape index (κ1) is 12.6. The maximum absolute atomic E-state index is 11.1. The van der Waals surface area contributed by atoms with Crippen molar-refractivity contribution in [2.24, 2.45) is 0 Å². The maximum Gasteiger partial charge on any atom is 0.278 e. The number of rotatable bonds is 3. The molecule has 0 spiro atoms. The molecule has 1 unspecified atom stereocenters. The highest BCUT2D eigenvalue weighted by molar-refractivity contribution is 5.99. The largest absolute Gasteiger partial charge is 0.381 e. The van der Waals surface area contributed by atoms with E-state index >= 15 is 0 Å². The highest BCUT2D eigenvalue weighted by atomic mass is 16.6. The van der Waals surface area contributed by atoms with Crippen molar-refractivity contribution in [1.29, 1.82) is 0 Å². The first-order chi connectivity index (χ1) is 9.75. The number of fused-ring (bicyclic) bond motifs is 1. The first-order valence-electron chi connectivity index (χ1n) is 6.68. The number of hydrogen-bond acceptors (Lipinski definition) is 4. The van der Waals surface area contributed by atoms with Crippen LogP contribution in [0.1, 0.15) is 19.3 Å². The van der Waals surface area contributed by atoms with E-state index in [-0.39, 0.29) is 10.6 Å². The number of nitrogens with one attached hydrogen (secondary N) is 1. The lowest BCUT2D eigenvalue weighted by Gasteiger charge is -2.21. The topological polar surface area (TPSA) is 68.1 Å². The van der Waals surface area contributed by atoms with Crippen molar-refractivity contribution in [3.8, 4) is 0 Å². The van der Waals surface area contributed by atoms with Gasteiger partial charge in [-0.1, -0.05) is 12.2 Å². The summed E-state index contributed by atoms with van der Waals surface area (Å²) >= 11 is 0. The van der Waals surface area contributed by atoms with Crippen LogP contribution in [-0.4, -0.2) is 15.9 Å². The van der Waals surface area contributed by atoms with Crippen LogP contribution in [0.5, 0.6) is 0 Å². The number of nitrogens with zero attached hydrogens (tertiary/aromatic N) is 2. The Labute approximate surface area is 116 Å². The van der Waals surface area contributed by atoms with Gasteiger partial charge in [0.25, 0.3) is 5.69 Å². The van der Waals surface area contributed by atoms with Crippen molar-refractivity contribution in [3.63, 3.8) is 0 Å². The Morgan fingerprint density at radius 1 is 1.25 bits per heavy atom. The zero-order valence-electron chi connectivity index (χ0n) is 11.0. The molecule has 1 aromatic carbocycles. The monoisotopic (exact) mass is 269 g/mol. The van der Waals surface area contributed by atoms with Gasteiger partial charge in [0.2, 0.25) is 0 Å². The molecule has 0 fully saturated rings. The van der Waals surface area contributed by atoms with Crippen LogP contribution in [0.25, 0.3) is 10.8 Å². The van der Waals surface area contributed by atoms with Crippen LogP contribution in [0.2, 0.25) is 0 Å². The standard InChI is InChI=1S/C15H15N3O2/c19-18(20)15-7-6-14(12-8-9-16-10-13(12)15)17-11-4-2-1-3-5-11/h1-2,6-11,17H,3-5H2. The van der Waals surface area contributed by atoms with Crippen molar-refractivity contribution in [3.05, 3.63) is 52.9 Å². The number of benzene rings is 1. The minimum absolute atomic E-state index is 0.0992. The lowest BCUT2D eigenvalue weighted by Crippen LogP contribution is -2.20. The maximum atomic E-state index is 11.1. The zero-order valence-corrected chi connectivity index (χ0v) is 11.0. The molecule has 0 bridgehead atoms. The van der Waals surface area contributed by atoms with E-state index in [2.05, 4.69) is 22.5 Å². The van der Waals surface area contributed by atoms with Gasteiger partial charge in [0, 0.05) is 35.6 Å². The van der Waals surface area contributed by atoms with Crippen LogP contribution in [0.3, 0.4) is 0 Å². The summed E-state index contributed by atoms with van der Waals surface area (Å²) in [5, 5.41) is 16.0. The second kappa shape index (κ2) is 5.28. The molecule has 20 heavy (non-hydrogen) atoms. The third kappa shape index (κ3) is 2.34. The number of nitro groups is 1. The molecule has 1 aliphatic rings. The number of anilines is 1. The van der Waals surface area contributed by atoms with Gasteiger partial charge in [0.05, 0.1) is 10.3 Å². The molecule has 1 N–H and O–H groups in total. The lowest BCUT2D eigenvalue weighted by molar-refractivity contribution is -0.383. The van der Waals surface area contributed by atoms with Crippen LogP contribution < -0.4 is 5.32 Å². The van der Waals surface area contributed by atoms with E-state index in [1.54, 1.807) is 24.5 Å². The quantitative estimate of drug-likeness (QED) is 0.524. The second-order valence-electron chi connectivity index (χ2n) is 4.94. The Bertz CT molecular complexity index is 682. The number of hydrogen-bond donors (Lipinski definition) is 1. The number of aromatic nitrogens is 1. The lowest BCUT2D eigenvalue weighted by atomic mass is 10.0. The van der Waals surface area contributed by atoms with Crippen molar-refractivity contribution in [2.75, 3.05) is 5.32 Å². The SMILES string of the molecule is O=[N+]([O-])c1ccc(NC2CC=CCC2)c2ccncc12. The second-order valence-corrected chi connectivity index (χ2v) is 4.94. The molecule has 1 aliphatic carbocycles. The summed E-state index contributed by atoms with van der Waals surface area (Å²) in [6.45, 7) is 0. The third-order valence-corrected chi connectivity index (χ3v) is 3.62. The molecule has 0 amide bonds. The Kier molecular flexibility index (Phi) is 3.33. The fraction of sp³-hybridized carbons (Fsp3) is 0.267. The summed E-state index contributed by atoms with van der Waals surface area (Å²) in [5.74, 6) is 0. The predicted molar refractivity (Wildman–Crippen MR) is 78.8 cm³/mol. The van der Waals surface area contributed by atoms with E-state index in [1.807, 2.05) is 6.07 Å². The molecule has 0 saturated heterocycles. The van der Waals surface area contributed by atoms with Gasteiger partial charge in [-0.2, -0.15) is 0 Å². The van der Waals surface area contributed by atoms with Gasteiger partial charge in [0.15, 0.2) is 0 Å². The minimum atomic E-state index is -0.364. The third-order valence-electron chi connectivity index (χ3n) is 3.62. The first-order valence-corrected chi connectivity index (χ1v) is 6.68. The number of nitro benzene ring substituents is 1. The van der Waals surface area contributed by atoms with Gasteiger partial charge >= 0.3 is 0 Å². The summed E-state index contributed by atoms with van der Waals surface area (Å²) in [7, 11) is 0. The van der Waals surface area contributed by atoms with E-state index in [0.29, 0.717) is 11.4 Å². The molecule has 0 radical (unpaired) electrons. The van der Waals surface area contributed by atoms with Crippen molar-refractivity contribution in [2.45, 2.75) is 25.3 Å². The van der Waals surface area contributed by atoms with Crippen molar-refractivity contribution >= 4 is 22.1 Å². The van der Waals surface area contributed by atoms with Crippen LogP contribution >= 0.6 is 0 Å². The van der Waals surface area contributed by atoms with E-state index in [0.717, 1.165) is 30.3 Å². The summed E-state index contributed by atoms with van der Waals surface area (Å²) in [5.41, 5.74) is 1.04. The van der Waals surface area contributed by atoms with Crippen LogP contribution in [0.15, 0.2) is 42.7 Å². The average molecular weight is 269 g/mol. The van der Waals surface area contributed by atoms with E-state index < -0.39 is 0 Å². The Morgan fingerprint density at radius 3 is 2.90 bits per heavy atom. The summed E-state index contributed by atoms with van der Waals surface area (Å²) in [4.78, 5) is 14.7. The fourth-order valence-electron chi connectivity index (χ4n) is 2.60. The van der Waals surface area contributed by atoms with Crippen molar-refractivity contribution in [1.82, 2.24) is 4.98 Å². The van der Waals surface area contributed by atoms with Gasteiger partial charge in [0.1, 0.15) is 0 Å². The molecule has 1 aromatic heterocycles. The molecule has 1 heterocycles. The van der Waals surface area contributed by atoms with Gasteiger partial charge in [-0.3, -0.25) is 15.1 Å². The normalized spacial score (nSPS) is 18.1. The van der Waals surface area contributed by atoms with Crippen LogP contribution in [0, 0.1) is 10.1 Å². The highest BCUT2D eigenvalue weighted by Crippen LogP contribution is 2.31. The minimum Gasteiger partial charge on any atom is -0.381 e. The number of pyridine rings is 1. The summed E-state index contributed by atoms with van der Waals surface area (Å²) in [6.07, 6.45) is 10.7. The molecule has 5 nitrogen and oxygen atoms in total. The van der Waals surface area contributed by atoms with Crippen LogP contribution in [0.4, 0.5) is 11.4 Å². The molecular formula is C15H15N3O2. The van der Waals surface area contributed by atoms with E-state index in [9.17, 15) is 10.1 Å². The molecule has 0 aliphatic heterocycles. The molecular weight excluding hydrogens is 254 g/mol. The molecule has 1 atom stereocenters. The molecule has 0 saturated carbocycles. The van der Waals surface area contributed by atoms with E-state index in [4.69, 9.17) is 0 Å². The summed E-state index contributed by atoms with van der Waals surface area (Å²) in [6, 6.07) is 5.55. The number of non-ortho nitro benzene ring substituents is 1. The predicted octanol–water partition coefficient (Wildman–Crippen LogP) is 3.66. The van der Waals surface area contributed by atoms with Crippen molar-refractivity contribution < 1.29 is 4.92 Å². The molecule has 102 valence electrons. The zero-order chi connectivity index (χ0) is 13.9. The summed E-state index contributed by atoms with van der Waals surface area (Å²) < 4.78 is 0. The van der Waals surface area contributed by atoms with Gasteiger partial charge in [-0.25, -0.2) is 0 Å².